The average molecular weight is 409 g/mol. The summed E-state index contributed by atoms with van der Waals surface area (Å²) in [7, 11) is 0. The van der Waals surface area contributed by atoms with Crippen LogP contribution < -0.4 is 10.6 Å². The number of fused-ring (bicyclic) bond motifs is 1. The van der Waals surface area contributed by atoms with E-state index in [4.69, 9.17) is 0 Å². The van der Waals surface area contributed by atoms with E-state index in [0.717, 1.165) is 31.7 Å². The van der Waals surface area contributed by atoms with E-state index >= 15 is 0 Å². The van der Waals surface area contributed by atoms with Gasteiger partial charge in [0.2, 0.25) is 0 Å². The molecule has 0 spiro atoms. The normalized spacial score (nSPS) is 12.0. The first kappa shape index (κ1) is 18.7. The summed E-state index contributed by atoms with van der Waals surface area (Å²) >= 11 is 3.08. The number of carbonyl (C=O) groups excluding carboxylic acids is 1. The lowest BCUT2D eigenvalue weighted by atomic mass is 10.0. The topological polar surface area (TPSA) is 61.4 Å². The highest BCUT2D eigenvalue weighted by Gasteiger charge is 2.13. The van der Waals surface area contributed by atoms with Crippen LogP contribution in [-0.2, 0) is 13.1 Å². The Labute approximate surface area is 171 Å². The number of hydrogen-bond donors (Lipinski definition) is 3. The molecular formula is C22H20N2O2S2. The molecule has 0 saturated heterocycles. The van der Waals surface area contributed by atoms with Crippen molar-refractivity contribution in [2.45, 2.75) is 19.2 Å². The second-order valence-corrected chi connectivity index (χ2v) is 8.42. The first-order valence-corrected chi connectivity index (χ1v) is 10.7. The molecule has 0 saturated carbocycles. The quantitative estimate of drug-likeness (QED) is 0.418. The Morgan fingerprint density at radius 1 is 0.964 bits per heavy atom. The van der Waals surface area contributed by atoms with Crippen LogP contribution in [0.3, 0.4) is 0 Å². The van der Waals surface area contributed by atoms with E-state index in [2.05, 4.69) is 28.8 Å². The van der Waals surface area contributed by atoms with Crippen LogP contribution in [0, 0.1) is 0 Å². The average Bonchev–Trinajstić information content (AvgIpc) is 3.42. The van der Waals surface area contributed by atoms with E-state index in [-0.39, 0.29) is 6.03 Å². The molecule has 1 unspecified atom stereocenters. The number of thiophene rings is 2. The van der Waals surface area contributed by atoms with Gasteiger partial charge in [0, 0.05) is 16.3 Å². The summed E-state index contributed by atoms with van der Waals surface area (Å²) in [5.41, 5.74) is 1.99. The highest BCUT2D eigenvalue weighted by Crippen LogP contribution is 2.29. The van der Waals surface area contributed by atoms with Crippen molar-refractivity contribution < 1.29 is 9.90 Å². The van der Waals surface area contributed by atoms with Gasteiger partial charge in [-0.1, -0.05) is 42.5 Å². The third-order valence-corrected chi connectivity index (χ3v) is 6.39. The largest absolute Gasteiger partial charge is 0.383 e. The first-order chi connectivity index (χ1) is 13.7. The van der Waals surface area contributed by atoms with Gasteiger partial charge in [0.05, 0.1) is 6.54 Å². The molecule has 0 fully saturated rings. The number of benzene rings is 2. The third kappa shape index (κ3) is 4.25. The molecule has 3 N–H and O–H groups in total. The molecule has 1 atom stereocenters. The standard InChI is InChI=1S/C22H20N2O2S2/c25-21(17-10-11-27-14-17)20-9-8-18(28-20)13-24-22(26)23-12-16-6-3-5-15-4-1-2-7-19(15)16/h1-11,14,21,25H,12-13H2,(H2,23,24,26). The lowest BCUT2D eigenvalue weighted by Gasteiger charge is -2.09. The van der Waals surface area contributed by atoms with Gasteiger partial charge in [0.25, 0.3) is 0 Å². The fraction of sp³-hybridized carbons (Fsp3) is 0.136. The van der Waals surface area contributed by atoms with Crippen molar-refractivity contribution >= 4 is 39.5 Å². The number of aliphatic hydroxyl groups is 1. The Morgan fingerprint density at radius 3 is 2.64 bits per heavy atom. The zero-order valence-corrected chi connectivity index (χ0v) is 16.7. The molecule has 4 aromatic rings. The van der Waals surface area contributed by atoms with E-state index < -0.39 is 6.10 Å². The van der Waals surface area contributed by atoms with E-state index in [1.165, 1.54) is 11.3 Å². The Hall–Kier alpha value is -2.67. The monoisotopic (exact) mass is 408 g/mol. The van der Waals surface area contributed by atoms with E-state index in [1.807, 2.05) is 53.2 Å². The minimum Gasteiger partial charge on any atom is -0.383 e. The first-order valence-electron chi connectivity index (χ1n) is 8.98. The van der Waals surface area contributed by atoms with Crippen molar-refractivity contribution in [1.82, 2.24) is 10.6 Å². The van der Waals surface area contributed by atoms with Crippen molar-refractivity contribution in [3.63, 3.8) is 0 Å². The minimum absolute atomic E-state index is 0.207. The minimum atomic E-state index is -0.606. The van der Waals surface area contributed by atoms with Crippen molar-refractivity contribution in [3.05, 3.63) is 92.3 Å². The van der Waals surface area contributed by atoms with Gasteiger partial charge in [-0.2, -0.15) is 11.3 Å². The summed E-state index contributed by atoms with van der Waals surface area (Å²) in [6.07, 6.45) is -0.606. The van der Waals surface area contributed by atoms with Crippen LogP contribution in [0.5, 0.6) is 0 Å². The Bertz CT molecular complexity index is 1070. The number of nitrogens with one attached hydrogen (secondary N) is 2. The summed E-state index contributed by atoms with van der Waals surface area (Å²) in [5.74, 6) is 0. The molecule has 4 rings (SSSR count). The molecule has 28 heavy (non-hydrogen) atoms. The lowest BCUT2D eigenvalue weighted by Crippen LogP contribution is -2.34. The van der Waals surface area contributed by atoms with Gasteiger partial charge in [0.15, 0.2) is 0 Å². The number of amides is 2. The number of urea groups is 1. The van der Waals surface area contributed by atoms with Crippen molar-refractivity contribution in [2.24, 2.45) is 0 Å². The van der Waals surface area contributed by atoms with Crippen LogP contribution in [0.1, 0.15) is 27.0 Å². The Balaban J connectivity index is 1.31. The van der Waals surface area contributed by atoms with Crippen molar-refractivity contribution in [1.29, 1.82) is 0 Å². The number of carbonyl (C=O) groups is 1. The summed E-state index contributed by atoms with van der Waals surface area (Å²) in [4.78, 5) is 14.1. The number of aliphatic hydroxyl groups excluding tert-OH is 1. The Kier molecular flexibility index (Phi) is 5.71. The molecule has 2 heterocycles. The molecule has 2 aromatic heterocycles. The SMILES string of the molecule is O=C(NCc1ccc(C(O)c2ccsc2)s1)NCc1cccc2ccccc12. The fourth-order valence-corrected chi connectivity index (χ4v) is 4.73. The zero-order valence-electron chi connectivity index (χ0n) is 15.1. The van der Waals surface area contributed by atoms with Gasteiger partial charge in [-0.15, -0.1) is 11.3 Å². The second kappa shape index (κ2) is 8.56. The van der Waals surface area contributed by atoms with Gasteiger partial charge in [-0.3, -0.25) is 0 Å². The summed E-state index contributed by atoms with van der Waals surface area (Å²) in [6, 6.07) is 19.8. The number of hydrogen-bond acceptors (Lipinski definition) is 4. The number of rotatable bonds is 6. The van der Waals surface area contributed by atoms with Gasteiger partial charge in [-0.25, -0.2) is 4.79 Å². The fourth-order valence-electron chi connectivity index (χ4n) is 3.08. The van der Waals surface area contributed by atoms with E-state index in [9.17, 15) is 9.90 Å². The maximum atomic E-state index is 12.2. The third-order valence-electron chi connectivity index (χ3n) is 4.55. The van der Waals surface area contributed by atoms with Crippen LogP contribution in [-0.4, -0.2) is 11.1 Å². The highest BCUT2D eigenvalue weighted by molar-refractivity contribution is 7.12. The van der Waals surface area contributed by atoms with E-state index in [0.29, 0.717) is 13.1 Å². The van der Waals surface area contributed by atoms with Gasteiger partial charge < -0.3 is 15.7 Å². The molecule has 4 nitrogen and oxygen atoms in total. The van der Waals surface area contributed by atoms with Gasteiger partial charge in [0.1, 0.15) is 6.10 Å². The van der Waals surface area contributed by atoms with Crippen molar-refractivity contribution in [2.75, 3.05) is 0 Å². The smallest absolute Gasteiger partial charge is 0.315 e. The summed E-state index contributed by atoms with van der Waals surface area (Å²) in [6.45, 7) is 0.905. The predicted octanol–water partition coefficient (Wildman–Crippen LogP) is 5.04. The molecule has 0 aliphatic heterocycles. The molecular weight excluding hydrogens is 388 g/mol. The lowest BCUT2D eigenvalue weighted by molar-refractivity contribution is 0.224. The van der Waals surface area contributed by atoms with Crippen molar-refractivity contribution in [3.8, 4) is 0 Å². The second-order valence-electron chi connectivity index (χ2n) is 6.44. The molecule has 0 aliphatic carbocycles. The predicted molar refractivity (Wildman–Crippen MR) is 116 cm³/mol. The summed E-state index contributed by atoms with van der Waals surface area (Å²) < 4.78 is 0. The molecule has 142 valence electrons. The van der Waals surface area contributed by atoms with Crippen LogP contribution in [0.25, 0.3) is 10.8 Å². The maximum absolute atomic E-state index is 12.2. The highest BCUT2D eigenvalue weighted by atomic mass is 32.1. The zero-order chi connectivity index (χ0) is 19.3. The summed E-state index contributed by atoms with van der Waals surface area (Å²) in [5, 5.41) is 22.4. The molecule has 0 radical (unpaired) electrons. The Morgan fingerprint density at radius 2 is 1.79 bits per heavy atom. The van der Waals surface area contributed by atoms with Crippen LogP contribution in [0.2, 0.25) is 0 Å². The van der Waals surface area contributed by atoms with Crippen LogP contribution in [0.15, 0.2) is 71.4 Å². The molecule has 6 heteroatoms. The van der Waals surface area contributed by atoms with Gasteiger partial charge in [-0.05, 0) is 50.9 Å². The molecule has 0 aliphatic rings. The molecule has 2 aromatic carbocycles. The van der Waals surface area contributed by atoms with Crippen LogP contribution in [0.4, 0.5) is 4.79 Å². The molecule has 2 amide bonds. The molecule has 0 bridgehead atoms. The maximum Gasteiger partial charge on any atom is 0.315 e. The van der Waals surface area contributed by atoms with E-state index in [1.54, 1.807) is 11.3 Å². The van der Waals surface area contributed by atoms with Gasteiger partial charge >= 0.3 is 6.03 Å². The van der Waals surface area contributed by atoms with Crippen LogP contribution >= 0.6 is 22.7 Å².